The number of fused-ring (bicyclic) bond motifs is 3. The summed E-state index contributed by atoms with van der Waals surface area (Å²) in [4.78, 5) is 0. The van der Waals surface area contributed by atoms with Crippen LogP contribution in [0.2, 0.25) is 0 Å². The van der Waals surface area contributed by atoms with Crippen molar-refractivity contribution in [3.63, 3.8) is 0 Å². The summed E-state index contributed by atoms with van der Waals surface area (Å²) >= 11 is 0. The van der Waals surface area contributed by atoms with Crippen molar-refractivity contribution in [2.24, 2.45) is 0 Å². The number of hydrogen-bond acceptors (Lipinski definition) is 6. The van der Waals surface area contributed by atoms with Crippen LogP contribution in [0.3, 0.4) is 0 Å². The Morgan fingerprint density at radius 1 is 1.04 bits per heavy atom. The summed E-state index contributed by atoms with van der Waals surface area (Å²) in [7, 11) is -7.23. The van der Waals surface area contributed by atoms with E-state index in [0.717, 1.165) is 6.54 Å². The molecule has 1 aliphatic heterocycles. The molecule has 0 N–H and O–H groups in total. The topological polar surface area (TPSA) is 111 Å². The van der Waals surface area contributed by atoms with Gasteiger partial charge in [0.25, 0.3) is 0 Å². The zero-order chi connectivity index (χ0) is 21.1. The molecule has 9 heteroatoms. The van der Waals surface area contributed by atoms with Crippen molar-refractivity contribution in [1.29, 1.82) is 0 Å². The van der Waals surface area contributed by atoms with Crippen molar-refractivity contribution < 1.29 is 30.2 Å². The van der Waals surface area contributed by atoms with Crippen molar-refractivity contribution in [3.8, 4) is 0 Å². The highest BCUT2D eigenvalue weighted by Gasteiger charge is 2.43. The molecule has 2 aromatic rings. The molecule has 0 bridgehead atoms. The largest absolute Gasteiger partial charge is 0.748 e. The van der Waals surface area contributed by atoms with E-state index in [1.54, 1.807) is 0 Å². The number of nitrogens with zero attached hydrogens (tertiary/aromatic N) is 1. The molecule has 0 spiro atoms. The first-order valence-corrected chi connectivity index (χ1v) is 11.4. The van der Waals surface area contributed by atoms with Crippen molar-refractivity contribution in [2.45, 2.75) is 39.0 Å². The average molecular weight is 426 g/mol. The number of hydrogen-bond donors (Lipinski definition) is 0. The molecule has 1 heterocycles. The third kappa shape index (κ3) is 5.03. The molecule has 0 atom stereocenters. The summed E-state index contributed by atoms with van der Waals surface area (Å²) in [6, 6.07) is 12.7. The smallest absolute Gasteiger partial charge is 0.425 e. The maximum absolute atomic E-state index is 10.8. The first-order valence-electron chi connectivity index (χ1n) is 8.79. The minimum Gasteiger partial charge on any atom is -0.748 e. The molecule has 0 saturated carbocycles. The lowest BCUT2D eigenvalue weighted by molar-refractivity contribution is -0.439. The predicted molar refractivity (Wildman–Crippen MR) is 106 cm³/mol. The van der Waals surface area contributed by atoms with Crippen molar-refractivity contribution >= 4 is 42.9 Å². The van der Waals surface area contributed by atoms with Crippen LogP contribution in [0.5, 0.6) is 0 Å². The van der Waals surface area contributed by atoms with Crippen molar-refractivity contribution in [1.82, 2.24) is 0 Å². The Labute approximate surface area is 166 Å². The highest BCUT2D eigenvalue weighted by molar-refractivity contribution is 7.85. The quantitative estimate of drug-likeness (QED) is 0.413. The lowest BCUT2D eigenvalue weighted by Gasteiger charge is -2.17. The molecule has 1 aliphatic rings. The normalized spacial score (nSPS) is 15.1. The van der Waals surface area contributed by atoms with Gasteiger partial charge in [-0.15, -0.1) is 12.6 Å². The summed E-state index contributed by atoms with van der Waals surface area (Å²) in [6.45, 7) is 7.33. The van der Waals surface area contributed by atoms with Crippen LogP contribution < -0.4 is 0 Å². The Hall–Kier alpha value is -2.10. The Morgan fingerprint density at radius 2 is 1.64 bits per heavy atom. The lowest BCUT2D eigenvalue weighted by Crippen LogP contribution is -2.27. The average Bonchev–Trinajstić information content (AvgIpc) is 2.77. The summed E-state index contributed by atoms with van der Waals surface area (Å²) in [5.41, 5.74) is 3.72. The van der Waals surface area contributed by atoms with E-state index in [4.69, 9.17) is 12.6 Å². The fraction of sp³-hybridized carbons (Fsp3) is 0.421. The van der Waals surface area contributed by atoms with Gasteiger partial charge in [-0.05, 0) is 37.1 Å². The molecule has 0 unspecified atom stereocenters. The summed E-state index contributed by atoms with van der Waals surface area (Å²) < 4.78 is 59.9. The molecule has 7 nitrogen and oxygen atoms in total. The van der Waals surface area contributed by atoms with E-state index in [0.29, 0.717) is 12.8 Å². The molecule has 0 saturated heterocycles. The molecule has 0 fully saturated rings. The van der Waals surface area contributed by atoms with Crippen LogP contribution in [0, 0.1) is 0 Å². The maximum Gasteiger partial charge on any atom is 0.425 e. The molecule has 0 aromatic heterocycles. The second-order valence-corrected chi connectivity index (χ2v) is 9.15. The highest BCUT2D eigenvalue weighted by atomic mass is 32.2. The molecule has 0 aliphatic carbocycles. The zero-order valence-corrected chi connectivity index (χ0v) is 17.6. The van der Waals surface area contributed by atoms with E-state index >= 15 is 0 Å². The lowest BCUT2D eigenvalue weighted by atomic mass is 9.80. The minimum atomic E-state index is -4.12. The zero-order valence-electron chi connectivity index (χ0n) is 16.0. The van der Waals surface area contributed by atoms with E-state index in [2.05, 4.69) is 55.7 Å². The maximum atomic E-state index is 10.8. The fourth-order valence-electron chi connectivity index (χ4n) is 3.68. The number of rotatable bonds is 5. The van der Waals surface area contributed by atoms with Crippen LogP contribution in [-0.2, 0) is 26.1 Å². The van der Waals surface area contributed by atoms with Crippen LogP contribution in [0.1, 0.15) is 39.2 Å². The van der Waals surface area contributed by atoms with E-state index in [1.165, 1.54) is 27.7 Å². The van der Waals surface area contributed by atoms with Gasteiger partial charge in [-0.3, -0.25) is 0 Å². The second-order valence-electron chi connectivity index (χ2n) is 7.22. The number of benzene rings is 2. The molecule has 3 rings (SSSR count). The van der Waals surface area contributed by atoms with Crippen LogP contribution in [-0.4, -0.2) is 48.2 Å². The molecule has 2 aromatic carbocycles. The van der Waals surface area contributed by atoms with E-state index in [9.17, 15) is 13.0 Å². The van der Waals surface area contributed by atoms with Crippen LogP contribution in [0.4, 0.5) is 5.69 Å². The van der Waals surface area contributed by atoms with Crippen LogP contribution >= 0.6 is 0 Å². The molecule has 152 valence electrons. The third-order valence-electron chi connectivity index (χ3n) is 5.16. The van der Waals surface area contributed by atoms with Crippen molar-refractivity contribution in [3.05, 3.63) is 42.0 Å². The molecular weight excluding hydrogens is 402 g/mol. The van der Waals surface area contributed by atoms with E-state index in [1.807, 2.05) is 6.07 Å². The number of unbranched alkanes of at least 4 members (excludes halogenated alkanes) is 1. The van der Waals surface area contributed by atoms with Gasteiger partial charge in [0.1, 0.15) is 6.54 Å². The first-order chi connectivity index (χ1) is 12.9. The first kappa shape index (κ1) is 22.2. The molecule has 0 radical (unpaired) electrons. The van der Waals surface area contributed by atoms with Gasteiger partial charge in [0.2, 0.25) is 5.69 Å². The van der Waals surface area contributed by atoms with Gasteiger partial charge in [-0.2, -0.15) is 4.58 Å². The van der Waals surface area contributed by atoms with Crippen LogP contribution in [0.25, 0.3) is 10.8 Å². The molecule has 28 heavy (non-hydrogen) atoms. The van der Waals surface area contributed by atoms with Gasteiger partial charge in [-0.1, -0.05) is 24.3 Å². The minimum absolute atomic E-state index is 0.0686. The summed E-state index contributed by atoms with van der Waals surface area (Å²) in [5.74, 6) is -0.284. The van der Waals surface area contributed by atoms with E-state index in [-0.39, 0.29) is 11.2 Å². The Bertz CT molecular complexity index is 1130. The Balaban J connectivity index is 0.000000640. The van der Waals surface area contributed by atoms with Crippen LogP contribution in [0.15, 0.2) is 36.4 Å². The van der Waals surface area contributed by atoms with Gasteiger partial charge in [0.05, 0.1) is 15.5 Å². The highest BCUT2D eigenvalue weighted by Crippen LogP contribution is 2.43. The fourth-order valence-corrected chi connectivity index (χ4v) is 4.24. The van der Waals surface area contributed by atoms with Gasteiger partial charge < -0.3 is 4.55 Å². The van der Waals surface area contributed by atoms with Crippen molar-refractivity contribution in [2.75, 3.05) is 12.3 Å². The summed E-state index contributed by atoms with van der Waals surface area (Å²) in [6.07, 6.45) is 1.08. The Morgan fingerprint density at radius 3 is 2.25 bits per heavy atom. The molecule has 0 amide bonds. The summed E-state index contributed by atoms with van der Waals surface area (Å²) in [5, 5.41) is 2.50. The van der Waals surface area contributed by atoms with Gasteiger partial charge in [0.15, 0.2) is 5.71 Å². The second kappa shape index (κ2) is 8.50. The Kier molecular flexibility index (Phi) is 6.74. The molecular formula is C19H23NO6S2. The van der Waals surface area contributed by atoms with Gasteiger partial charge in [-0.25, -0.2) is 8.42 Å². The van der Waals surface area contributed by atoms with Gasteiger partial charge in [0, 0.05) is 30.7 Å². The monoisotopic (exact) mass is 425 g/mol. The predicted octanol–water partition coefficient (Wildman–Crippen LogP) is 2.56. The van der Waals surface area contributed by atoms with E-state index < -0.39 is 20.7 Å². The third-order valence-corrected chi connectivity index (χ3v) is 5.95. The SMILES string of the molecule is CC1=[N+](CCCCS(=O)(=O)[O-])c2ccc3ccccc3c2C1(C)C.O=S(=O)=O. The van der Waals surface area contributed by atoms with Gasteiger partial charge >= 0.3 is 10.6 Å². The standard InChI is InChI=1S/C19H23NO3S.O3S/c1-14-19(2,3)18-16-9-5-4-8-15(16)10-11-17(18)20(14)12-6-7-13-24(21,22)23;1-4(2)3/h4-5,8-11H,6-7,12-13H2,1-3H3;.